The van der Waals surface area contributed by atoms with Crippen molar-refractivity contribution >= 4 is 39.5 Å². The Morgan fingerprint density at radius 3 is 2.50 bits per heavy atom. The van der Waals surface area contributed by atoms with Crippen molar-refractivity contribution in [2.45, 2.75) is 13.3 Å². The Kier molecular flexibility index (Phi) is 4.08. The van der Waals surface area contributed by atoms with E-state index in [-0.39, 0.29) is 5.57 Å². The largest absolute Gasteiger partial charge is 0.550 e. The van der Waals surface area contributed by atoms with E-state index in [2.05, 4.69) is 0 Å². The zero-order chi connectivity index (χ0) is 17.3. The third kappa shape index (κ3) is 2.76. The lowest BCUT2D eigenvalue weighted by molar-refractivity contribution is -0.304. The molecule has 0 aliphatic heterocycles. The van der Waals surface area contributed by atoms with Gasteiger partial charge in [-0.2, -0.15) is 0 Å². The molecule has 5 nitrogen and oxygen atoms in total. The van der Waals surface area contributed by atoms with E-state index in [1.54, 1.807) is 13.0 Å². The molecule has 0 saturated heterocycles. The van der Waals surface area contributed by atoms with Gasteiger partial charge in [-0.25, -0.2) is 4.79 Å². The van der Waals surface area contributed by atoms with Crippen LogP contribution in [0.2, 0.25) is 0 Å². The van der Waals surface area contributed by atoms with Gasteiger partial charge in [0.25, 0.3) is 0 Å². The van der Waals surface area contributed by atoms with Crippen LogP contribution in [0.1, 0.15) is 18.9 Å². The molecule has 0 amide bonds. The van der Waals surface area contributed by atoms with Crippen LogP contribution in [0.25, 0.3) is 27.5 Å². The van der Waals surface area contributed by atoms with Crippen LogP contribution in [0, 0.1) is 0 Å². The molecule has 0 N–H and O–H groups in total. The highest BCUT2D eigenvalue weighted by Gasteiger charge is 2.16. The fraction of sp³-hybridized carbons (Fsp3) is 0.158. The zero-order valence-electron chi connectivity index (χ0n) is 13.3. The van der Waals surface area contributed by atoms with Gasteiger partial charge in [0.2, 0.25) is 0 Å². The van der Waals surface area contributed by atoms with Crippen LogP contribution in [0.5, 0.6) is 0 Å². The number of para-hydroxylation sites is 1. The van der Waals surface area contributed by atoms with Crippen LogP contribution >= 0.6 is 0 Å². The minimum absolute atomic E-state index is 0.0738. The molecule has 2 aromatic carbocycles. The smallest absolute Gasteiger partial charge is 0.334 e. The number of allylic oxidation sites excluding steroid dienone is 1. The first-order chi connectivity index (χ1) is 11.5. The van der Waals surface area contributed by atoms with E-state index in [0.29, 0.717) is 5.57 Å². The van der Waals surface area contributed by atoms with Gasteiger partial charge in [-0.3, -0.25) is 0 Å². The van der Waals surface area contributed by atoms with E-state index in [4.69, 9.17) is 9.15 Å². The number of hydrogen-bond donors (Lipinski definition) is 0. The number of carboxylic acid groups (broad SMARTS) is 1. The zero-order valence-corrected chi connectivity index (χ0v) is 13.3. The lowest BCUT2D eigenvalue weighted by atomic mass is 9.97. The van der Waals surface area contributed by atoms with Gasteiger partial charge < -0.3 is 19.1 Å². The lowest BCUT2D eigenvalue weighted by Gasteiger charge is -2.11. The molecule has 0 atom stereocenters. The van der Waals surface area contributed by atoms with Gasteiger partial charge in [-0.1, -0.05) is 24.3 Å². The van der Waals surface area contributed by atoms with Gasteiger partial charge in [-0.15, -0.1) is 0 Å². The maximum absolute atomic E-state index is 11.9. The molecule has 24 heavy (non-hydrogen) atoms. The first-order valence-electron chi connectivity index (χ1n) is 7.41. The summed E-state index contributed by atoms with van der Waals surface area (Å²) in [5.74, 6) is -2.00. The summed E-state index contributed by atoms with van der Waals surface area (Å²) in [4.78, 5) is 22.8. The summed E-state index contributed by atoms with van der Waals surface area (Å²) in [7, 11) is 1.22. The Hall–Kier alpha value is -3.08. The van der Waals surface area contributed by atoms with E-state index in [1.807, 2.05) is 36.4 Å². The first-order valence-corrected chi connectivity index (χ1v) is 7.41. The fourth-order valence-corrected chi connectivity index (χ4v) is 2.76. The van der Waals surface area contributed by atoms with E-state index >= 15 is 0 Å². The molecule has 1 heterocycles. The van der Waals surface area contributed by atoms with Crippen molar-refractivity contribution in [2.24, 2.45) is 0 Å². The van der Waals surface area contributed by atoms with E-state index in [9.17, 15) is 14.7 Å². The monoisotopic (exact) mass is 323 g/mol. The van der Waals surface area contributed by atoms with Crippen molar-refractivity contribution in [1.82, 2.24) is 0 Å². The number of rotatable bonds is 4. The average Bonchev–Trinajstić information content (AvgIpc) is 2.96. The molecule has 0 aliphatic carbocycles. The highest BCUT2D eigenvalue weighted by Crippen LogP contribution is 2.32. The number of fused-ring (bicyclic) bond motifs is 3. The number of esters is 1. The van der Waals surface area contributed by atoms with Crippen molar-refractivity contribution in [3.05, 3.63) is 53.6 Å². The molecular weight excluding hydrogens is 308 g/mol. The maximum atomic E-state index is 11.9. The number of hydrogen-bond acceptors (Lipinski definition) is 5. The Morgan fingerprint density at radius 1 is 1.08 bits per heavy atom. The quantitative estimate of drug-likeness (QED) is 0.545. The SMILES string of the molecule is COC(=O)C(CC(=O)[O-])=C(C)c1ccc2oc3ccccc3c2c1. The van der Waals surface area contributed by atoms with Crippen molar-refractivity contribution in [2.75, 3.05) is 7.11 Å². The number of methoxy groups -OCH3 is 1. The second kappa shape index (κ2) is 6.20. The molecule has 1 aromatic heterocycles. The minimum atomic E-state index is -1.33. The van der Waals surface area contributed by atoms with Crippen molar-refractivity contribution in [3.8, 4) is 0 Å². The fourth-order valence-electron chi connectivity index (χ4n) is 2.76. The van der Waals surface area contributed by atoms with E-state index in [0.717, 1.165) is 27.5 Å². The van der Waals surface area contributed by atoms with Gasteiger partial charge in [-0.05, 0) is 36.3 Å². The van der Waals surface area contributed by atoms with Crippen LogP contribution in [-0.2, 0) is 14.3 Å². The summed E-state index contributed by atoms with van der Waals surface area (Å²) >= 11 is 0. The number of carbonyl (C=O) groups excluding carboxylic acids is 2. The Morgan fingerprint density at radius 2 is 1.79 bits per heavy atom. The van der Waals surface area contributed by atoms with Gasteiger partial charge in [0.05, 0.1) is 7.11 Å². The Labute approximate surface area is 138 Å². The average molecular weight is 323 g/mol. The van der Waals surface area contributed by atoms with Crippen molar-refractivity contribution in [1.29, 1.82) is 0 Å². The second-order valence-electron chi connectivity index (χ2n) is 5.45. The molecule has 3 rings (SSSR count). The number of benzene rings is 2. The molecule has 5 heteroatoms. The van der Waals surface area contributed by atoms with Gasteiger partial charge in [0.15, 0.2) is 0 Å². The Bertz CT molecular complexity index is 978. The molecule has 3 aromatic rings. The molecule has 0 unspecified atom stereocenters. The standard InChI is InChI=1S/C19H16O5/c1-11(14(10-18(20)21)19(22)23-2)12-7-8-17-15(9-12)13-5-3-4-6-16(13)24-17/h3-9H,10H2,1-2H3,(H,20,21)/p-1. The summed E-state index contributed by atoms with van der Waals surface area (Å²) in [6.45, 7) is 1.69. The number of carboxylic acids is 1. The molecule has 0 saturated carbocycles. The molecule has 0 bridgehead atoms. The summed E-state index contributed by atoms with van der Waals surface area (Å²) < 4.78 is 10.5. The van der Waals surface area contributed by atoms with Gasteiger partial charge in [0, 0.05) is 28.7 Å². The summed E-state index contributed by atoms with van der Waals surface area (Å²) in [6, 6.07) is 13.1. The van der Waals surface area contributed by atoms with Crippen molar-refractivity contribution in [3.63, 3.8) is 0 Å². The molecule has 0 fully saturated rings. The highest BCUT2D eigenvalue weighted by atomic mass is 16.5. The topological polar surface area (TPSA) is 79.6 Å². The predicted octanol–water partition coefficient (Wildman–Crippen LogP) is 2.67. The van der Waals surface area contributed by atoms with Crippen LogP contribution in [0.3, 0.4) is 0 Å². The summed E-state index contributed by atoms with van der Waals surface area (Å²) in [5, 5.41) is 12.8. The lowest BCUT2D eigenvalue weighted by Crippen LogP contribution is -2.25. The van der Waals surface area contributed by atoms with Crippen LogP contribution in [0.15, 0.2) is 52.5 Å². The summed E-state index contributed by atoms with van der Waals surface area (Å²) in [5.41, 5.74) is 2.85. The van der Waals surface area contributed by atoms with Crippen LogP contribution < -0.4 is 5.11 Å². The molecule has 122 valence electrons. The summed E-state index contributed by atoms with van der Waals surface area (Å²) in [6.07, 6.45) is -0.497. The van der Waals surface area contributed by atoms with Crippen molar-refractivity contribution < 1.29 is 23.8 Å². The Balaban J connectivity index is 2.19. The first kappa shape index (κ1) is 15.8. The molecule has 0 spiro atoms. The minimum Gasteiger partial charge on any atom is -0.550 e. The number of aliphatic carboxylic acids is 1. The number of ether oxygens (including phenoxy) is 1. The highest BCUT2D eigenvalue weighted by molar-refractivity contribution is 6.07. The molecular formula is C19H15O5-. The number of carbonyl (C=O) groups is 2. The molecule has 0 radical (unpaired) electrons. The third-order valence-corrected chi connectivity index (χ3v) is 4.02. The normalized spacial score (nSPS) is 12.2. The van der Waals surface area contributed by atoms with Crippen LogP contribution in [0.4, 0.5) is 0 Å². The van der Waals surface area contributed by atoms with Crippen LogP contribution in [-0.4, -0.2) is 19.0 Å². The predicted molar refractivity (Wildman–Crippen MR) is 88.0 cm³/mol. The second-order valence-corrected chi connectivity index (χ2v) is 5.45. The van der Waals surface area contributed by atoms with E-state index < -0.39 is 18.4 Å². The third-order valence-electron chi connectivity index (χ3n) is 4.02. The molecule has 0 aliphatic rings. The van der Waals surface area contributed by atoms with Gasteiger partial charge in [0.1, 0.15) is 11.2 Å². The number of furan rings is 1. The maximum Gasteiger partial charge on any atom is 0.334 e. The van der Waals surface area contributed by atoms with Gasteiger partial charge >= 0.3 is 5.97 Å². The van der Waals surface area contributed by atoms with E-state index in [1.165, 1.54) is 7.11 Å².